The van der Waals surface area contributed by atoms with Crippen LogP contribution in [0.2, 0.25) is 4.34 Å². The zero-order valence-corrected chi connectivity index (χ0v) is 16.9. The molecule has 1 aliphatic rings. The van der Waals surface area contributed by atoms with Crippen molar-refractivity contribution in [2.75, 3.05) is 27.9 Å². The Morgan fingerprint density at radius 3 is 2.48 bits per heavy atom. The van der Waals surface area contributed by atoms with E-state index in [4.69, 9.17) is 25.8 Å². The van der Waals surface area contributed by atoms with Gasteiger partial charge in [0.15, 0.2) is 11.5 Å². The lowest BCUT2D eigenvalue weighted by Gasteiger charge is -2.37. The summed E-state index contributed by atoms with van der Waals surface area (Å²) in [5.41, 5.74) is 1.88. The first-order valence-electron chi connectivity index (χ1n) is 8.36. The molecular weight excluding hydrogens is 390 g/mol. The molecule has 0 radical (unpaired) electrons. The Labute approximate surface area is 166 Å². The van der Waals surface area contributed by atoms with E-state index in [0.717, 1.165) is 11.1 Å². The highest BCUT2D eigenvalue weighted by Crippen LogP contribution is 2.40. The zero-order valence-electron chi connectivity index (χ0n) is 15.3. The fourth-order valence-corrected chi connectivity index (χ4v) is 4.30. The number of methoxy groups -OCH3 is 3. The molecule has 1 aliphatic heterocycles. The number of hydrogen-bond donors (Lipinski definition) is 0. The van der Waals surface area contributed by atoms with Gasteiger partial charge in [-0.15, -0.1) is 11.3 Å². The van der Waals surface area contributed by atoms with E-state index in [0.29, 0.717) is 33.7 Å². The maximum absolute atomic E-state index is 13.1. The van der Waals surface area contributed by atoms with Gasteiger partial charge in [-0.3, -0.25) is 9.59 Å². The van der Waals surface area contributed by atoms with E-state index >= 15 is 0 Å². The Hall–Kier alpha value is -2.25. The minimum atomic E-state index is -0.450. The summed E-state index contributed by atoms with van der Waals surface area (Å²) in [5.74, 6) is 0.642. The molecule has 0 unspecified atom stereocenters. The maximum Gasteiger partial charge on any atom is 0.307 e. The SMILES string of the molecule is COC(=O)C[C@H]1c2cc(OC)c(OC)cc2CCN1C(=O)c1ccc(Cl)s1. The second-order valence-electron chi connectivity index (χ2n) is 6.05. The summed E-state index contributed by atoms with van der Waals surface area (Å²) in [6, 6.07) is 6.69. The van der Waals surface area contributed by atoms with Gasteiger partial charge in [0.05, 0.1) is 43.0 Å². The molecule has 0 aliphatic carbocycles. The number of esters is 1. The van der Waals surface area contributed by atoms with Crippen LogP contribution in [0.15, 0.2) is 24.3 Å². The molecule has 27 heavy (non-hydrogen) atoms. The second kappa shape index (κ2) is 8.19. The number of amides is 1. The summed E-state index contributed by atoms with van der Waals surface area (Å²) in [5, 5.41) is 0. The van der Waals surface area contributed by atoms with E-state index in [1.54, 1.807) is 31.3 Å². The molecule has 1 amide bonds. The smallest absolute Gasteiger partial charge is 0.307 e. The minimum Gasteiger partial charge on any atom is -0.493 e. The van der Waals surface area contributed by atoms with Gasteiger partial charge in [0.25, 0.3) is 5.91 Å². The van der Waals surface area contributed by atoms with Gasteiger partial charge < -0.3 is 19.1 Å². The monoisotopic (exact) mass is 409 g/mol. The number of ether oxygens (including phenoxy) is 3. The van der Waals surface area contributed by atoms with E-state index in [1.807, 2.05) is 12.1 Å². The molecule has 3 rings (SSSR count). The Morgan fingerprint density at radius 2 is 1.89 bits per heavy atom. The van der Waals surface area contributed by atoms with Crippen molar-refractivity contribution in [2.24, 2.45) is 0 Å². The van der Waals surface area contributed by atoms with Gasteiger partial charge in [-0.1, -0.05) is 11.6 Å². The van der Waals surface area contributed by atoms with Crippen LogP contribution in [0.25, 0.3) is 0 Å². The lowest BCUT2D eigenvalue weighted by molar-refractivity contribution is -0.141. The summed E-state index contributed by atoms with van der Waals surface area (Å²) in [6.45, 7) is 0.485. The summed E-state index contributed by atoms with van der Waals surface area (Å²) in [7, 11) is 4.47. The van der Waals surface area contributed by atoms with E-state index in [-0.39, 0.29) is 18.3 Å². The number of thiophene rings is 1. The normalized spacial score (nSPS) is 15.9. The fraction of sp³-hybridized carbons (Fsp3) is 0.368. The van der Waals surface area contributed by atoms with Crippen molar-refractivity contribution in [3.63, 3.8) is 0 Å². The predicted octanol–water partition coefficient (Wildman–Crippen LogP) is 3.72. The molecule has 0 fully saturated rings. The zero-order chi connectivity index (χ0) is 19.6. The van der Waals surface area contributed by atoms with Crippen LogP contribution in [0.4, 0.5) is 0 Å². The molecule has 1 aromatic heterocycles. The number of nitrogens with zero attached hydrogens (tertiary/aromatic N) is 1. The van der Waals surface area contributed by atoms with Gasteiger partial charge in [-0.05, 0) is 41.8 Å². The highest BCUT2D eigenvalue weighted by Gasteiger charge is 2.34. The number of hydrogen-bond acceptors (Lipinski definition) is 6. The molecule has 1 aromatic carbocycles. The number of fused-ring (bicyclic) bond motifs is 1. The number of carbonyl (C=O) groups is 2. The molecule has 8 heteroatoms. The topological polar surface area (TPSA) is 65.1 Å². The summed E-state index contributed by atoms with van der Waals surface area (Å²) in [4.78, 5) is 27.3. The van der Waals surface area contributed by atoms with Crippen molar-refractivity contribution in [2.45, 2.75) is 18.9 Å². The quantitative estimate of drug-likeness (QED) is 0.704. The molecule has 6 nitrogen and oxygen atoms in total. The highest BCUT2D eigenvalue weighted by molar-refractivity contribution is 7.17. The van der Waals surface area contributed by atoms with E-state index in [9.17, 15) is 9.59 Å². The molecule has 1 atom stereocenters. The van der Waals surface area contributed by atoms with Gasteiger partial charge in [0, 0.05) is 6.54 Å². The Morgan fingerprint density at radius 1 is 1.19 bits per heavy atom. The van der Waals surface area contributed by atoms with Gasteiger partial charge >= 0.3 is 5.97 Å². The molecular formula is C19H20ClNO5S. The standard InChI is InChI=1S/C19H20ClNO5S/c1-24-14-8-11-6-7-21(19(23)16-4-5-17(20)27-16)13(10-18(22)26-3)12(11)9-15(14)25-2/h4-5,8-9,13H,6-7,10H2,1-3H3/t13-/m0/s1. The Kier molecular flexibility index (Phi) is 5.92. The number of halogens is 1. The second-order valence-corrected chi connectivity index (χ2v) is 7.77. The van der Waals surface area contributed by atoms with Crippen molar-refractivity contribution in [3.05, 3.63) is 44.6 Å². The number of carbonyl (C=O) groups excluding carboxylic acids is 2. The first kappa shape index (κ1) is 19.5. The summed E-state index contributed by atoms with van der Waals surface area (Å²) >= 11 is 7.21. The van der Waals surface area contributed by atoms with Crippen LogP contribution in [0, 0.1) is 0 Å². The summed E-state index contributed by atoms with van der Waals surface area (Å²) < 4.78 is 16.2. The third kappa shape index (κ3) is 3.89. The van der Waals surface area contributed by atoms with E-state index < -0.39 is 6.04 Å². The number of benzene rings is 1. The highest BCUT2D eigenvalue weighted by atomic mass is 35.5. The van der Waals surface area contributed by atoms with Gasteiger partial charge in [0.1, 0.15) is 0 Å². The maximum atomic E-state index is 13.1. The van der Waals surface area contributed by atoms with E-state index in [1.165, 1.54) is 18.4 Å². The molecule has 0 saturated carbocycles. The van der Waals surface area contributed by atoms with Crippen molar-refractivity contribution in [1.29, 1.82) is 0 Å². The lowest BCUT2D eigenvalue weighted by Crippen LogP contribution is -2.40. The molecule has 144 valence electrons. The van der Waals surface area contributed by atoms with Crippen LogP contribution in [0.5, 0.6) is 11.5 Å². The van der Waals surface area contributed by atoms with Crippen LogP contribution in [0.3, 0.4) is 0 Å². The minimum absolute atomic E-state index is 0.0594. The van der Waals surface area contributed by atoms with Gasteiger partial charge in [-0.25, -0.2) is 0 Å². The Balaban J connectivity index is 2.03. The first-order chi connectivity index (χ1) is 13.0. The average molecular weight is 410 g/mol. The lowest BCUT2D eigenvalue weighted by atomic mass is 9.89. The third-order valence-corrected chi connectivity index (χ3v) is 5.85. The van der Waals surface area contributed by atoms with Crippen molar-refractivity contribution < 1.29 is 23.8 Å². The van der Waals surface area contributed by atoms with Crippen LogP contribution >= 0.6 is 22.9 Å². The molecule has 0 saturated heterocycles. The summed E-state index contributed by atoms with van der Waals surface area (Å²) in [6.07, 6.45) is 0.710. The largest absolute Gasteiger partial charge is 0.493 e. The molecule has 0 spiro atoms. The van der Waals surface area contributed by atoms with Crippen LogP contribution in [-0.2, 0) is 16.0 Å². The van der Waals surface area contributed by atoms with Gasteiger partial charge in [0.2, 0.25) is 0 Å². The van der Waals surface area contributed by atoms with Gasteiger partial charge in [-0.2, -0.15) is 0 Å². The number of rotatable bonds is 5. The van der Waals surface area contributed by atoms with Crippen LogP contribution in [-0.4, -0.2) is 44.7 Å². The van der Waals surface area contributed by atoms with Crippen LogP contribution in [0.1, 0.15) is 33.3 Å². The third-order valence-electron chi connectivity index (χ3n) is 4.64. The first-order valence-corrected chi connectivity index (χ1v) is 9.55. The molecule has 2 aromatic rings. The molecule has 2 heterocycles. The van der Waals surface area contributed by atoms with E-state index in [2.05, 4.69) is 0 Å². The van der Waals surface area contributed by atoms with Crippen molar-refractivity contribution in [3.8, 4) is 11.5 Å². The molecule has 0 N–H and O–H groups in total. The van der Waals surface area contributed by atoms with Crippen molar-refractivity contribution in [1.82, 2.24) is 4.90 Å². The fourth-order valence-electron chi connectivity index (χ4n) is 3.30. The molecule has 0 bridgehead atoms. The Bertz CT molecular complexity index is 866. The predicted molar refractivity (Wildman–Crippen MR) is 103 cm³/mol. The van der Waals surface area contributed by atoms with Crippen molar-refractivity contribution >= 4 is 34.8 Å². The average Bonchev–Trinajstić information content (AvgIpc) is 3.12. The van der Waals surface area contributed by atoms with Crippen LogP contribution < -0.4 is 9.47 Å².